The van der Waals surface area contributed by atoms with Gasteiger partial charge in [-0.3, -0.25) is 0 Å². The molecular weight excluding hydrogens is 244 g/mol. The zero-order chi connectivity index (χ0) is 10.1. The third-order valence-electron chi connectivity index (χ3n) is 1.94. The second-order valence-corrected chi connectivity index (χ2v) is 3.62. The minimum Gasteiger partial charge on any atom is -0.398 e. The molecule has 1 heterocycles. The first-order chi connectivity index (χ1) is 6.68. The highest BCUT2D eigenvalue weighted by Crippen LogP contribution is 2.23. The summed E-state index contributed by atoms with van der Waals surface area (Å²) in [4.78, 5) is 4.23. The molecule has 14 heavy (non-hydrogen) atoms. The maximum absolute atomic E-state index is 5.83. The van der Waals surface area contributed by atoms with Crippen molar-refractivity contribution in [1.29, 1.82) is 0 Å². The van der Waals surface area contributed by atoms with Crippen LogP contribution in [0.5, 0.6) is 0 Å². The molecule has 0 radical (unpaired) electrons. The summed E-state index contributed by atoms with van der Waals surface area (Å²) < 4.78 is 2.26. The first kappa shape index (κ1) is 9.21. The van der Waals surface area contributed by atoms with Gasteiger partial charge in [0, 0.05) is 18.3 Å². The fourth-order valence-corrected chi connectivity index (χ4v) is 1.69. The van der Waals surface area contributed by atoms with Gasteiger partial charge in [-0.2, -0.15) is 0 Å². The first-order valence-corrected chi connectivity index (χ1v) is 4.89. The molecular formula is C9H9BrN4. The molecule has 5 heteroatoms. The van der Waals surface area contributed by atoms with Crippen LogP contribution in [0.2, 0.25) is 0 Å². The average Bonchev–Trinajstić information content (AvgIpc) is 2.46. The number of benzene rings is 1. The molecule has 0 amide bonds. The van der Waals surface area contributed by atoms with Crippen molar-refractivity contribution >= 4 is 21.6 Å². The predicted octanol–water partition coefficient (Wildman–Crippen LogP) is 1.83. The van der Waals surface area contributed by atoms with E-state index in [0.717, 1.165) is 11.4 Å². The number of para-hydroxylation sites is 1. The van der Waals surface area contributed by atoms with E-state index in [1.807, 2.05) is 31.3 Å². The smallest absolute Gasteiger partial charge is 0.217 e. The number of hydrogen-bond acceptors (Lipinski definition) is 3. The number of aromatic nitrogens is 3. The van der Waals surface area contributed by atoms with Crippen LogP contribution in [-0.4, -0.2) is 14.8 Å². The van der Waals surface area contributed by atoms with E-state index >= 15 is 0 Å². The number of rotatable bonds is 1. The maximum atomic E-state index is 5.83. The van der Waals surface area contributed by atoms with E-state index in [1.54, 1.807) is 4.68 Å². The first-order valence-electron chi connectivity index (χ1n) is 4.10. The van der Waals surface area contributed by atoms with Crippen molar-refractivity contribution in [3.63, 3.8) is 0 Å². The second kappa shape index (κ2) is 3.42. The Morgan fingerprint density at radius 1 is 1.36 bits per heavy atom. The number of hydrogen-bond donors (Lipinski definition) is 1. The number of halogens is 1. The second-order valence-electron chi connectivity index (χ2n) is 2.92. The highest BCUT2D eigenvalue weighted by atomic mass is 79.9. The van der Waals surface area contributed by atoms with E-state index in [-0.39, 0.29) is 0 Å². The van der Waals surface area contributed by atoms with Crippen LogP contribution in [0.25, 0.3) is 11.4 Å². The van der Waals surface area contributed by atoms with Crippen molar-refractivity contribution in [3.05, 3.63) is 29.0 Å². The largest absolute Gasteiger partial charge is 0.398 e. The van der Waals surface area contributed by atoms with Gasteiger partial charge in [0.05, 0.1) is 0 Å². The molecule has 0 aliphatic rings. The molecule has 0 aliphatic carbocycles. The van der Waals surface area contributed by atoms with Gasteiger partial charge in [0.1, 0.15) is 0 Å². The molecule has 0 spiro atoms. The quantitative estimate of drug-likeness (QED) is 0.789. The minimum absolute atomic E-state index is 0.568. The van der Waals surface area contributed by atoms with Gasteiger partial charge >= 0.3 is 0 Å². The molecule has 72 valence electrons. The van der Waals surface area contributed by atoms with Gasteiger partial charge in [-0.1, -0.05) is 12.1 Å². The Bertz CT molecular complexity index is 464. The minimum atomic E-state index is 0.568. The lowest BCUT2D eigenvalue weighted by Gasteiger charge is -2.02. The number of nitrogen functional groups attached to an aromatic ring is 1. The van der Waals surface area contributed by atoms with Crippen LogP contribution in [0, 0.1) is 0 Å². The van der Waals surface area contributed by atoms with Crippen molar-refractivity contribution in [2.24, 2.45) is 7.05 Å². The Morgan fingerprint density at radius 3 is 2.64 bits per heavy atom. The molecule has 2 N–H and O–H groups in total. The lowest BCUT2D eigenvalue weighted by molar-refractivity contribution is 0.768. The van der Waals surface area contributed by atoms with Crippen molar-refractivity contribution < 1.29 is 0 Å². The van der Waals surface area contributed by atoms with Crippen LogP contribution in [0.15, 0.2) is 29.0 Å². The molecule has 2 aromatic rings. The molecule has 0 unspecified atom stereocenters. The standard InChI is InChI=1S/C9H9BrN4/c1-14-8(12-9(10)13-14)6-4-2-3-5-7(6)11/h2-5H,11H2,1H3. The van der Waals surface area contributed by atoms with Gasteiger partial charge in [-0.05, 0) is 28.1 Å². The van der Waals surface area contributed by atoms with E-state index < -0.39 is 0 Å². The highest BCUT2D eigenvalue weighted by molar-refractivity contribution is 9.10. The van der Waals surface area contributed by atoms with Crippen molar-refractivity contribution in [3.8, 4) is 11.4 Å². The molecule has 0 bridgehead atoms. The summed E-state index contributed by atoms with van der Waals surface area (Å²) in [5, 5.41) is 4.10. The molecule has 0 saturated heterocycles. The normalized spacial score (nSPS) is 10.4. The van der Waals surface area contributed by atoms with Gasteiger partial charge in [-0.25, -0.2) is 9.67 Å². The van der Waals surface area contributed by atoms with Crippen molar-refractivity contribution in [1.82, 2.24) is 14.8 Å². The van der Waals surface area contributed by atoms with Crippen LogP contribution in [0.4, 0.5) is 5.69 Å². The molecule has 0 saturated carbocycles. The molecule has 4 nitrogen and oxygen atoms in total. The molecule has 0 fully saturated rings. The van der Waals surface area contributed by atoms with Crippen LogP contribution in [0.1, 0.15) is 0 Å². The summed E-state index contributed by atoms with van der Waals surface area (Å²) in [7, 11) is 1.83. The van der Waals surface area contributed by atoms with Crippen molar-refractivity contribution in [2.75, 3.05) is 5.73 Å². The summed E-state index contributed by atoms with van der Waals surface area (Å²) >= 11 is 3.22. The Balaban J connectivity index is 2.60. The van der Waals surface area contributed by atoms with E-state index in [1.165, 1.54) is 0 Å². The van der Waals surface area contributed by atoms with Gasteiger partial charge in [0.25, 0.3) is 0 Å². The van der Waals surface area contributed by atoms with Gasteiger partial charge in [0.2, 0.25) is 4.73 Å². The fraction of sp³-hybridized carbons (Fsp3) is 0.111. The van der Waals surface area contributed by atoms with Crippen molar-refractivity contribution in [2.45, 2.75) is 0 Å². The van der Waals surface area contributed by atoms with Gasteiger partial charge < -0.3 is 5.73 Å². The summed E-state index contributed by atoms with van der Waals surface area (Å²) in [6.45, 7) is 0. The summed E-state index contributed by atoms with van der Waals surface area (Å²) in [6.07, 6.45) is 0. The highest BCUT2D eigenvalue weighted by Gasteiger charge is 2.09. The number of nitrogens with zero attached hydrogens (tertiary/aromatic N) is 3. The predicted molar refractivity (Wildman–Crippen MR) is 58.6 cm³/mol. The Hall–Kier alpha value is -1.36. The summed E-state index contributed by atoms with van der Waals surface area (Å²) in [5.41, 5.74) is 7.43. The molecule has 0 aliphatic heterocycles. The van der Waals surface area contributed by atoms with E-state index in [0.29, 0.717) is 10.4 Å². The van der Waals surface area contributed by atoms with Crippen LogP contribution in [0.3, 0.4) is 0 Å². The van der Waals surface area contributed by atoms with E-state index in [4.69, 9.17) is 5.73 Å². The molecule has 1 aromatic carbocycles. The Labute approximate surface area is 89.9 Å². The topological polar surface area (TPSA) is 56.7 Å². The van der Waals surface area contributed by atoms with E-state index in [2.05, 4.69) is 26.0 Å². The SMILES string of the molecule is Cn1nc(Br)nc1-c1ccccc1N. The third kappa shape index (κ3) is 1.50. The zero-order valence-corrected chi connectivity index (χ0v) is 9.19. The van der Waals surface area contributed by atoms with E-state index in [9.17, 15) is 0 Å². The lowest BCUT2D eigenvalue weighted by Crippen LogP contribution is -1.97. The third-order valence-corrected chi connectivity index (χ3v) is 2.27. The Morgan fingerprint density at radius 2 is 2.07 bits per heavy atom. The van der Waals surface area contributed by atoms with Crippen LogP contribution >= 0.6 is 15.9 Å². The van der Waals surface area contributed by atoms with Gasteiger partial charge in [-0.15, -0.1) is 5.10 Å². The fourth-order valence-electron chi connectivity index (χ4n) is 1.29. The molecule has 1 aromatic heterocycles. The monoisotopic (exact) mass is 252 g/mol. The number of nitrogens with two attached hydrogens (primary N) is 1. The molecule has 0 atom stereocenters. The zero-order valence-electron chi connectivity index (χ0n) is 7.61. The molecule has 2 rings (SSSR count). The van der Waals surface area contributed by atoms with Gasteiger partial charge in [0.15, 0.2) is 5.82 Å². The number of aryl methyl sites for hydroxylation is 1. The van der Waals surface area contributed by atoms with Crippen LogP contribution < -0.4 is 5.73 Å². The van der Waals surface area contributed by atoms with Crippen LogP contribution in [-0.2, 0) is 7.05 Å². The summed E-state index contributed by atoms with van der Waals surface area (Å²) in [5.74, 6) is 0.759. The number of anilines is 1. The maximum Gasteiger partial charge on any atom is 0.217 e. The average molecular weight is 253 g/mol. The lowest BCUT2D eigenvalue weighted by atomic mass is 10.2. The summed E-state index contributed by atoms with van der Waals surface area (Å²) in [6, 6.07) is 7.59. The Kier molecular flexibility index (Phi) is 2.25.